The SMILES string of the molecule is Cc1cc(OCc2cc(CN)sc2C)ccc1C(C)C. The molecule has 0 saturated carbocycles. The molecule has 0 bridgehead atoms. The minimum Gasteiger partial charge on any atom is -0.489 e. The van der Waals surface area contributed by atoms with Crippen LogP contribution in [0.15, 0.2) is 24.3 Å². The first-order valence-corrected chi connectivity index (χ1v) is 7.84. The second-order valence-electron chi connectivity index (χ2n) is 5.46. The van der Waals surface area contributed by atoms with Gasteiger partial charge in [0.1, 0.15) is 12.4 Å². The van der Waals surface area contributed by atoms with Crippen molar-refractivity contribution in [2.45, 2.75) is 46.8 Å². The Morgan fingerprint density at radius 2 is 1.95 bits per heavy atom. The van der Waals surface area contributed by atoms with Crippen molar-refractivity contribution in [1.82, 2.24) is 0 Å². The van der Waals surface area contributed by atoms with E-state index in [-0.39, 0.29) is 0 Å². The summed E-state index contributed by atoms with van der Waals surface area (Å²) in [6.45, 7) is 9.91. The molecular weight excluding hydrogens is 266 g/mol. The van der Waals surface area contributed by atoms with E-state index in [4.69, 9.17) is 10.5 Å². The molecular formula is C17H23NOS. The molecule has 1 heterocycles. The van der Waals surface area contributed by atoms with Crippen LogP contribution in [0.4, 0.5) is 0 Å². The molecule has 1 aromatic heterocycles. The second-order valence-corrected chi connectivity index (χ2v) is 6.80. The maximum atomic E-state index is 5.91. The number of hydrogen-bond acceptors (Lipinski definition) is 3. The number of aryl methyl sites for hydroxylation is 2. The summed E-state index contributed by atoms with van der Waals surface area (Å²) in [7, 11) is 0. The van der Waals surface area contributed by atoms with Gasteiger partial charge in [0, 0.05) is 21.9 Å². The lowest BCUT2D eigenvalue weighted by atomic mass is 9.98. The average molecular weight is 289 g/mol. The Morgan fingerprint density at radius 3 is 2.50 bits per heavy atom. The first kappa shape index (κ1) is 15.1. The van der Waals surface area contributed by atoms with Crippen molar-refractivity contribution in [3.8, 4) is 5.75 Å². The van der Waals surface area contributed by atoms with Crippen molar-refractivity contribution < 1.29 is 4.74 Å². The normalized spacial score (nSPS) is 11.1. The van der Waals surface area contributed by atoms with Crippen LogP contribution in [0.5, 0.6) is 5.75 Å². The molecule has 0 unspecified atom stereocenters. The van der Waals surface area contributed by atoms with Gasteiger partial charge < -0.3 is 10.5 Å². The van der Waals surface area contributed by atoms with Crippen LogP contribution in [0.25, 0.3) is 0 Å². The fourth-order valence-corrected chi connectivity index (χ4v) is 3.31. The monoisotopic (exact) mass is 289 g/mol. The minimum atomic E-state index is 0.551. The average Bonchev–Trinajstić information content (AvgIpc) is 2.76. The van der Waals surface area contributed by atoms with Gasteiger partial charge in [-0.2, -0.15) is 0 Å². The highest BCUT2D eigenvalue weighted by atomic mass is 32.1. The zero-order valence-electron chi connectivity index (χ0n) is 12.7. The molecule has 0 atom stereocenters. The summed E-state index contributed by atoms with van der Waals surface area (Å²) in [5.41, 5.74) is 9.59. The van der Waals surface area contributed by atoms with Crippen LogP contribution in [0, 0.1) is 13.8 Å². The Hall–Kier alpha value is -1.32. The van der Waals surface area contributed by atoms with Crippen LogP contribution in [0.2, 0.25) is 0 Å². The molecule has 2 nitrogen and oxygen atoms in total. The van der Waals surface area contributed by atoms with Gasteiger partial charge in [0.15, 0.2) is 0 Å². The van der Waals surface area contributed by atoms with Gasteiger partial charge in [0.05, 0.1) is 0 Å². The Labute approximate surface area is 125 Å². The zero-order valence-corrected chi connectivity index (χ0v) is 13.5. The van der Waals surface area contributed by atoms with Crippen LogP contribution in [0.3, 0.4) is 0 Å². The molecule has 0 radical (unpaired) electrons. The zero-order chi connectivity index (χ0) is 14.7. The summed E-state index contributed by atoms with van der Waals surface area (Å²) >= 11 is 1.75. The maximum Gasteiger partial charge on any atom is 0.120 e. The lowest BCUT2D eigenvalue weighted by molar-refractivity contribution is 0.305. The van der Waals surface area contributed by atoms with E-state index in [2.05, 4.69) is 52.0 Å². The van der Waals surface area contributed by atoms with E-state index in [0.717, 1.165) is 5.75 Å². The van der Waals surface area contributed by atoms with Gasteiger partial charge in [-0.3, -0.25) is 0 Å². The highest BCUT2D eigenvalue weighted by molar-refractivity contribution is 7.12. The van der Waals surface area contributed by atoms with Gasteiger partial charge in [0.2, 0.25) is 0 Å². The third kappa shape index (κ3) is 3.41. The van der Waals surface area contributed by atoms with Crippen LogP contribution in [0.1, 0.15) is 46.2 Å². The number of thiophene rings is 1. The number of nitrogens with two attached hydrogens (primary N) is 1. The summed E-state index contributed by atoms with van der Waals surface area (Å²) in [6, 6.07) is 8.51. The smallest absolute Gasteiger partial charge is 0.120 e. The predicted molar refractivity (Wildman–Crippen MR) is 86.5 cm³/mol. The molecule has 0 aliphatic carbocycles. The molecule has 0 aliphatic heterocycles. The fraction of sp³-hybridized carbons (Fsp3) is 0.412. The standard InChI is InChI=1S/C17H23NOS/c1-11(2)17-6-5-15(7-12(17)3)19-10-14-8-16(9-18)20-13(14)4/h5-8,11H,9-10,18H2,1-4H3. The van der Waals surface area contributed by atoms with Crippen molar-refractivity contribution in [3.63, 3.8) is 0 Å². The molecule has 0 amide bonds. The van der Waals surface area contributed by atoms with E-state index in [0.29, 0.717) is 19.1 Å². The molecule has 0 spiro atoms. The fourth-order valence-electron chi connectivity index (χ4n) is 2.38. The van der Waals surface area contributed by atoms with E-state index in [1.54, 1.807) is 11.3 Å². The van der Waals surface area contributed by atoms with Gasteiger partial charge >= 0.3 is 0 Å². The quantitative estimate of drug-likeness (QED) is 0.878. The summed E-state index contributed by atoms with van der Waals surface area (Å²) < 4.78 is 5.91. The molecule has 0 fully saturated rings. The van der Waals surface area contributed by atoms with E-state index in [1.807, 2.05) is 0 Å². The summed E-state index contributed by atoms with van der Waals surface area (Å²) in [4.78, 5) is 2.51. The van der Waals surface area contributed by atoms with Crippen molar-refractivity contribution >= 4 is 11.3 Å². The van der Waals surface area contributed by atoms with Crippen LogP contribution in [-0.2, 0) is 13.2 Å². The summed E-state index contributed by atoms with van der Waals surface area (Å²) in [5, 5.41) is 0. The molecule has 0 aliphatic rings. The third-order valence-corrected chi connectivity index (χ3v) is 4.65. The number of hydrogen-bond donors (Lipinski definition) is 1. The van der Waals surface area contributed by atoms with E-state index >= 15 is 0 Å². The first-order valence-electron chi connectivity index (χ1n) is 7.03. The highest BCUT2D eigenvalue weighted by Crippen LogP contribution is 2.26. The lowest BCUT2D eigenvalue weighted by Gasteiger charge is -2.12. The Bertz CT molecular complexity index is 587. The predicted octanol–water partition coefficient (Wildman–Crippen LogP) is 4.53. The number of ether oxygens (including phenoxy) is 1. The molecule has 2 rings (SSSR count). The van der Waals surface area contributed by atoms with Crippen molar-refractivity contribution in [2.24, 2.45) is 5.73 Å². The molecule has 20 heavy (non-hydrogen) atoms. The maximum absolute atomic E-state index is 5.91. The highest BCUT2D eigenvalue weighted by Gasteiger charge is 2.07. The topological polar surface area (TPSA) is 35.2 Å². The number of rotatable bonds is 5. The van der Waals surface area contributed by atoms with Gasteiger partial charge in [-0.05, 0) is 49.1 Å². The first-order chi connectivity index (χ1) is 9.51. The molecule has 1 aromatic carbocycles. The lowest BCUT2D eigenvalue weighted by Crippen LogP contribution is -1.98. The van der Waals surface area contributed by atoms with Gasteiger partial charge in [0.25, 0.3) is 0 Å². The van der Waals surface area contributed by atoms with E-state index in [1.165, 1.54) is 26.4 Å². The summed E-state index contributed by atoms with van der Waals surface area (Å²) in [6.07, 6.45) is 0. The Morgan fingerprint density at radius 1 is 1.20 bits per heavy atom. The van der Waals surface area contributed by atoms with Gasteiger partial charge in [-0.1, -0.05) is 19.9 Å². The van der Waals surface area contributed by atoms with Crippen molar-refractivity contribution in [2.75, 3.05) is 0 Å². The summed E-state index contributed by atoms with van der Waals surface area (Å²) in [5.74, 6) is 1.49. The Balaban J connectivity index is 2.07. The number of benzene rings is 1. The van der Waals surface area contributed by atoms with Crippen LogP contribution < -0.4 is 10.5 Å². The van der Waals surface area contributed by atoms with Crippen molar-refractivity contribution in [1.29, 1.82) is 0 Å². The van der Waals surface area contributed by atoms with Gasteiger partial charge in [-0.15, -0.1) is 11.3 Å². The molecule has 0 saturated heterocycles. The minimum absolute atomic E-state index is 0.551. The third-order valence-electron chi connectivity index (χ3n) is 3.53. The molecule has 108 valence electrons. The van der Waals surface area contributed by atoms with Crippen LogP contribution >= 0.6 is 11.3 Å². The largest absolute Gasteiger partial charge is 0.489 e. The molecule has 2 aromatic rings. The molecule has 2 N–H and O–H groups in total. The molecule has 3 heteroatoms. The van der Waals surface area contributed by atoms with Gasteiger partial charge in [-0.25, -0.2) is 0 Å². The van der Waals surface area contributed by atoms with Crippen LogP contribution in [-0.4, -0.2) is 0 Å². The van der Waals surface area contributed by atoms with E-state index in [9.17, 15) is 0 Å². The van der Waals surface area contributed by atoms with Crippen molar-refractivity contribution in [3.05, 3.63) is 50.7 Å². The Kier molecular flexibility index (Phi) is 4.84. The van der Waals surface area contributed by atoms with E-state index < -0.39 is 0 Å². The second kappa shape index (κ2) is 6.42.